The molecular formula is C26H45IO2. The number of aromatic hydroxyl groups is 2. The second kappa shape index (κ2) is 17.3. The molecule has 0 aliphatic heterocycles. The molecule has 0 fully saturated rings. The van der Waals surface area contributed by atoms with Crippen LogP contribution in [0.5, 0.6) is 11.5 Å². The van der Waals surface area contributed by atoms with Crippen molar-refractivity contribution in [2.45, 2.75) is 129 Å². The fourth-order valence-electron chi connectivity index (χ4n) is 4.10. The van der Waals surface area contributed by atoms with Crippen LogP contribution >= 0.6 is 22.6 Å². The Labute approximate surface area is 194 Å². The molecule has 0 aliphatic rings. The van der Waals surface area contributed by atoms with Gasteiger partial charge in [0, 0.05) is 0 Å². The predicted octanol–water partition coefficient (Wildman–Crippen LogP) is 9.07. The second-order valence-corrected chi connectivity index (χ2v) is 9.72. The molecule has 0 amide bonds. The van der Waals surface area contributed by atoms with Gasteiger partial charge in [0.25, 0.3) is 0 Å². The number of phenolic OH excluding ortho intramolecular Hbond substituents is 2. The molecule has 2 nitrogen and oxygen atoms in total. The van der Waals surface area contributed by atoms with E-state index in [1.807, 2.05) is 6.07 Å². The number of phenols is 2. The van der Waals surface area contributed by atoms with Gasteiger partial charge in [-0.3, -0.25) is 0 Å². The maximum absolute atomic E-state index is 10.2. The lowest BCUT2D eigenvalue weighted by Gasteiger charge is -2.15. The van der Waals surface area contributed by atoms with E-state index in [0.717, 1.165) is 16.4 Å². The molecule has 0 aliphatic carbocycles. The van der Waals surface area contributed by atoms with Crippen molar-refractivity contribution >= 4 is 22.6 Å². The number of halogens is 1. The highest BCUT2D eigenvalue weighted by Crippen LogP contribution is 2.36. The van der Waals surface area contributed by atoms with Crippen molar-refractivity contribution < 1.29 is 10.2 Å². The first kappa shape index (κ1) is 26.6. The number of unbranched alkanes of at least 4 members (excludes halogenated alkanes) is 14. The van der Waals surface area contributed by atoms with Gasteiger partial charge in [-0.05, 0) is 65.5 Å². The van der Waals surface area contributed by atoms with Crippen molar-refractivity contribution in [3.63, 3.8) is 0 Å². The Morgan fingerprint density at radius 3 is 1.52 bits per heavy atom. The molecule has 0 spiro atoms. The zero-order valence-corrected chi connectivity index (χ0v) is 21.2. The van der Waals surface area contributed by atoms with Crippen LogP contribution in [0.25, 0.3) is 0 Å². The Morgan fingerprint density at radius 2 is 1.03 bits per heavy atom. The topological polar surface area (TPSA) is 40.5 Å². The summed E-state index contributed by atoms with van der Waals surface area (Å²) in [6.45, 7) is 4.53. The zero-order valence-electron chi connectivity index (χ0n) is 19.1. The van der Waals surface area contributed by atoms with Gasteiger partial charge in [0.2, 0.25) is 0 Å². The molecule has 0 unspecified atom stereocenters. The summed E-state index contributed by atoms with van der Waals surface area (Å²) >= 11 is 2.22. The Bertz CT molecular complexity index is 542. The van der Waals surface area contributed by atoms with E-state index in [2.05, 4.69) is 36.4 Å². The minimum Gasteiger partial charge on any atom is -0.504 e. The lowest BCUT2D eigenvalue weighted by molar-refractivity contribution is 0.399. The summed E-state index contributed by atoms with van der Waals surface area (Å²) in [4.78, 5) is 0. The van der Waals surface area contributed by atoms with Crippen LogP contribution in [-0.2, 0) is 12.8 Å². The van der Waals surface area contributed by atoms with Crippen LogP contribution in [0.15, 0.2) is 6.07 Å². The quantitative estimate of drug-likeness (QED) is 0.116. The normalized spacial score (nSPS) is 11.3. The van der Waals surface area contributed by atoms with Crippen molar-refractivity contribution in [3.8, 4) is 11.5 Å². The van der Waals surface area contributed by atoms with Crippen molar-refractivity contribution in [1.82, 2.24) is 0 Å². The van der Waals surface area contributed by atoms with Gasteiger partial charge < -0.3 is 10.2 Å². The molecule has 3 heteroatoms. The standard InChI is InChI=1S/C26H45IO2/c1-3-5-7-9-11-13-15-17-19-22-21-24(28)26(29)25(27)23(22)20-18-16-14-12-10-8-6-4-2/h21,28-29H,3-20H2,1-2H3. The monoisotopic (exact) mass is 516 g/mol. The third-order valence-corrected chi connectivity index (χ3v) is 7.16. The van der Waals surface area contributed by atoms with Crippen molar-refractivity contribution in [1.29, 1.82) is 0 Å². The lowest BCUT2D eigenvalue weighted by Crippen LogP contribution is -2.00. The van der Waals surface area contributed by atoms with Gasteiger partial charge in [-0.15, -0.1) is 0 Å². The van der Waals surface area contributed by atoms with Gasteiger partial charge >= 0.3 is 0 Å². The second-order valence-electron chi connectivity index (χ2n) is 8.65. The maximum Gasteiger partial charge on any atom is 0.171 e. The lowest BCUT2D eigenvalue weighted by atomic mass is 9.95. The van der Waals surface area contributed by atoms with Gasteiger partial charge in [-0.2, -0.15) is 0 Å². The van der Waals surface area contributed by atoms with Crippen LogP contribution in [-0.4, -0.2) is 10.2 Å². The molecule has 2 N–H and O–H groups in total. The van der Waals surface area contributed by atoms with Crippen LogP contribution in [0, 0.1) is 3.57 Å². The highest BCUT2D eigenvalue weighted by molar-refractivity contribution is 14.1. The maximum atomic E-state index is 10.2. The summed E-state index contributed by atoms with van der Waals surface area (Å²) in [6, 6.07) is 1.82. The minimum atomic E-state index is 0.0450. The summed E-state index contributed by atoms with van der Waals surface area (Å²) < 4.78 is 0.861. The number of aryl methyl sites for hydroxylation is 1. The Hall–Kier alpha value is -0.450. The molecule has 168 valence electrons. The zero-order chi connectivity index (χ0) is 21.3. The average Bonchev–Trinajstić information content (AvgIpc) is 2.72. The van der Waals surface area contributed by atoms with Crippen LogP contribution in [0.2, 0.25) is 0 Å². The van der Waals surface area contributed by atoms with Gasteiger partial charge in [-0.25, -0.2) is 0 Å². The van der Waals surface area contributed by atoms with E-state index in [0.29, 0.717) is 0 Å². The highest BCUT2D eigenvalue weighted by Gasteiger charge is 2.15. The third-order valence-electron chi connectivity index (χ3n) is 5.99. The molecule has 0 saturated heterocycles. The van der Waals surface area contributed by atoms with E-state index in [-0.39, 0.29) is 11.5 Å². The molecule has 0 radical (unpaired) electrons. The Morgan fingerprint density at radius 1 is 0.621 bits per heavy atom. The van der Waals surface area contributed by atoms with Crippen molar-refractivity contribution in [2.75, 3.05) is 0 Å². The van der Waals surface area contributed by atoms with E-state index < -0.39 is 0 Å². The fraction of sp³-hybridized carbons (Fsp3) is 0.769. The van der Waals surface area contributed by atoms with E-state index in [1.165, 1.54) is 114 Å². The number of benzene rings is 1. The molecule has 1 aromatic carbocycles. The summed E-state index contributed by atoms with van der Waals surface area (Å²) in [5.41, 5.74) is 2.52. The van der Waals surface area contributed by atoms with E-state index >= 15 is 0 Å². The SMILES string of the molecule is CCCCCCCCCCc1cc(O)c(O)c(I)c1CCCCCCCCCC. The Kier molecular flexibility index (Phi) is 15.8. The highest BCUT2D eigenvalue weighted by atomic mass is 127. The number of rotatable bonds is 18. The average molecular weight is 517 g/mol. The molecule has 0 saturated carbocycles. The third kappa shape index (κ3) is 11.5. The molecular weight excluding hydrogens is 471 g/mol. The Balaban J connectivity index is 2.41. The first-order chi connectivity index (χ1) is 14.1. The first-order valence-electron chi connectivity index (χ1n) is 12.3. The summed E-state index contributed by atoms with van der Waals surface area (Å²) in [7, 11) is 0. The van der Waals surface area contributed by atoms with Crippen molar-refractivity contribution in [2.24, 2.45) is 0 Å². The predicted molar refractivity (Wildman–Crippen MR) is 135 cm³/mol. The van der Waals surface area contributed by atoms with Gasteiger partial charge in [0.05, 0.1) is 3.57 Å². The fourth-order valence-corrected chi connectivity index (χ4v) is 4.99. The molecule has 0 atom stereocenters. The molecule has 29 heavy (non-hydrogen) atoms. The van der Waals surface area contributed by atoms with Gasteiger partial charge in [0.15, 0.2) is 11.5 Å². The minimum absolute atomic E-state index is 0.0450. The molecule has 0 aromatic heterocycles. The van der Waals surface area contributed by atoms with Crippen LogP contribution in [0.1, 0.15) is 128 Å². The van der Waals surface area contributed by atoms with Crippen LogP contribution in [0.4, 0.5) is 0 Å². The van der Waals surface area contributed by atoms with Crippen LogP contribution in [0.3, 0.4) is 0 Å². The first-order valence-corrected chi connectivity index (χ1v) is 13.4. The molecule has 1 rings (SSSR count). The molecule has 0 bridgehead atoms. The molecule has 0 heterocycles. The largest absolute Gasteiger partial charge is 0.504 e. The molecule has 1 aromatic rings. The number of hydrogen-bond donors (Lipinski definition) is 2. The van der Waals surface area contributed by atoms with E-state index in [9.17, 15) is 10.2 Å². The summed E-state index contributed by atoms with van der Waals surface area (Å²) in [5, 5.41) is 20.3. The van der Waals surface area contributed by atoms with Gasteiger partial charge in [-0.1, -0.05) is 104 Å². The van der Waals surface area contributed by atoms with Crippen molar-refractivity contribution in [3.05, 3.63) is 20.8 Å². The van der Waals surface area contributed by atoms with E-state index in [4.69, 9.17) is 0 Å². The van der Waals surface area contributed by atoms with Crippen LogP contribution < -0.4 is 0 Å². The smallest absolute Gasteiger partial charge is 0.171 e. The van der Waals surface area contributed by atoms with E-state index in [1.54, 1.807) is 0 Å². The summed E-state index contributed by atoms with van der Waals surface area (Å²) in [6.07, 6.45) is 23.1. The van der Waals surface area contributed by atoms with Gasteiger partial charge in [0.1, 0.15) is 0 Å². The summed E-state index contributed by atoms with van der Waals surface area (Å²) in [5.74, 6) is 0.114. The number of hydrogen-bond acceptors (Lipinski definition) is 2.